The molecule has 0 bridgehead atoms. The van der Waals surface area contributed by atoms with Crippen LogP contribution in [0.25, 0.3) is 5.82 Å². The van der Waals surface area contributed by atoms with Gasteiger partial charge >= 0.3 is 0 Å². The van der Waals surface area contributed by atoms with E-state index >= 15 is 0 Å². The van der Waals surface area contributed by atoms with Gasteiger partial charge in [-0.1, -0.05) is 0 Å². The quantitative estimate of drug-likeness (QED) is 0.676. The van der Waals surface area contributed by atoms with Gasteiger partial charge in [0.05, 0.1) is 12.1 Å². The van der Waals surface area contributed by atoms with Crippen molar-refractivity contribution in [1.29, 1.82) is 0 Å². The summed E-state index contributed by atoms with van der Waals surface area (Å²) in [6.45, 7) is 0.480. The number of rotatable bonds is 5. The summed E-state index contributed by atoms with van der Waals surface area (Å²) in [4.78, 5) is 31.7. The third-order valence-corrected chi connectivity index (χ3v) is 3.52. The molecule has 0 radical (unpaired) electrons. The summed E-state index contributed by atoms with van der Waals surface area (Å²) in [5.74, 6) is 0.193. The van der Waals surface area contributed by atoms with E-state index in [4.69, 9.17) is 0 Å². The molecule has 0 fully saturated rings. The van der Waals surface area contributed by atoms with Gasteiger partial charge in [0.25, 0.3) is 11.5 Å². The highest BCUT2D eigenvalue weighted by molar-refractivity contribution is 9.10. The fourth-order valence-electron chi connectivity index (χ4n) is 1.96. The van der Waals surface area contributed by atoms with Crippen LogP contribution < -0.4 is 10.9 Å². The molecule has 122 valence electrons. The lowest BCUT2D eigenvalue weighted by Crippen LogP contribution is -2.32. The molecule has 0 saturated heterocycles. The predicted octanol–water partition coefficient (Wildman–Crippen LogP) is 0.411. The number of halogens is 1. The topological polar surface area (TPSA) is 108 Å². The van der Waals surface area contributed by atoms with Gasteiger partial charge in [-0.15, -0.1) is 5.10 Å². The normalized spacial score (nSPS) is 10.5. The van der Waals surface area contributed by atoms with Gasteiger partial charge in [0.15, 0.2) is 5.82 Å². The van der Waals surface area contributed by atoms with Crippen LogP contribution in [0.5, 0.6) is 0 Å². The minimum atomic E-state index is -0.274. The average molecular weight is 390 g/mol. The van der Waals surface area contributed by atoms with E-state index in [9.17, 15) is 9.59 Å². The smallest absolute Gasteiger partial charge is 0.266 e. The zero-order chi connectivity index (χ0) is 16.9. The van der Waals surface area contributed by atoms with Gasteiger partial charge in [0.1, 0.15) is 12.7 Å². The van der Waals surface area contributed by atoms with Crippen molar-refractivity contribution in [2.24, 2.45) is 0 Å². The maximum atomic E-state index is 12.0. The van der Waals surface area contributed by atoms with Crippen molar-refractivity contribution in [1.82, 2.24) is 34.8 Å². The Morgan fingerprint density at radius 3 is 2.88 bits per heavy atom. The monoisotopic (exact) mass is 389 g/mol. The molecule has 0 aliphatic heterocycles. The van der Waals surface area contributed by atoms with Crippen LogP contribution >= 0.6 is 15.9 Å². The van der Waals surface area contributed by atoms with E-state index in [1.165, 1.54) is 34.3 Å². The standard InChI is InChI=1S/C14H12BrN7O2/c15-11-5-10(6-16-7-11)14(24)18-3-4-21-13(23)2-1-12(20-21)22-9-17-8-19-22/h1-2,5-9H,3-4H2,(H,18,24). The van der Waals surface area contributed by atoms with E-state index < -0.39 is 0 Å². The highest BCUT2D eigenvalue weighted by Crippen LogP contribution is 2.09. The van der Waals surface area contributed by atoms with Crippen LogP contribution in [-0.2, 0) is 6.54 Å². The van der Waals surface area contributed by atoms with Crippen LogP contribution in [0, 0.1) is 0 Å². The molecule has 0 aliphatic carbocycles. The van der Waals surface area contributed by atoms with Crippen LogP contribution in [0.4, 0.5) is 0 Å². The summed E-state index contributed by atoms with van der Waals surface area (Å²) >= 11 is 3.26. The Kier molecular flexibility index (Phi) is 4.75. The Balaban J connectivity index is 1.65. The molecule has 1 N–H and O–H groups in total. The largest absolute Gasteiger partial charge is 0.350 e. The van der Waals surface area contributed by atoms with E-state index in [0.717, 1.165) is 0 Å². The molecular formula is C14H12BrN7O2. The number of amides is 1. The van der Waals surface area contributed by atoms with Crippen molar-refractivity contribution in [2.45, 2.75) is 6.54 Å². The van der Waals surface area contributed by atoms with E-state index in [-0.39, 0.29) is 24.6 Å². The van der Waals surface area contributed by atoms with Crippen molar-refractivity contribution in [2.75, 3.05) is 6.54 Å². The zero-order valence-electron chi connectivity index (χ0n) is 12.3. The molecule has 10 heteroatoms. The number of nitrogens with one attached hydrogen (secondary N) is 1. The van der Waals surface area contributed by atoms with E-state index in [1.807, 2.05) is 0 Å². The molecule has 0 aromatic carbocycles. The van der Waals surface area contributed by atoms with Gasteiger partial charge in [-0.2, -0.15) is 5.10 Å². The SMILES string of the molecule is O=C(NCCn1nc(-n2cncn2)ccc1=O)c1cncc(Br)c1. The van der Waals surface area contributed by atoms with Crippen molar-refractivity contribution < 1.29 is 4.79 Å². The summed E-state index contributed by atoms with van der Waals surface area (Å²) in [6.07, 6.45) is 5.92. The van der Waals surface area contributed by atoms with Gasteiger partial charge < -0.3 is 5.32 Å². The lowest BCUT2D eigenvalue weighted by Gasteiger charge is -2.08. The van der Waals surface area contributed by atoms with Crippen molar-refractivity contribution in [3.8, 4) is 5.82 Å². The maximum Gasteiger partial charge on any atom is 0.266 e. The number of carbonyl (C=O) groups is 1. The van der Waals surface area contributed by atoms with E-state index in [1.54, 1.807) is 18.3 Å². The van der Waals surface area contributed by atoms with Crippen molar-refractivity contribution >= 4 is 21.8 Å². The second-order valence-corrected chi connectivity index (χ2v) is 5.66. The van der Waals surface area contributed by atoms with Crippen LogP contribution in [-0.4, -0.2) is 42.0 Å². The minimum absolute atomic E-state index is 0.231. The number of carbonyl (C=O) groups excluding carboxylic acids is 1. The third-order valence-electron chi connectivity index (χ3n) is 3.08. The number of hydrogen-bond donors (Lipinski definition) is 1. The van der Waals surface area contributed by atoms with Gasteiger partial charge in [-0.3, -0.25) is 14.6 Å². The van der Waals surface area contributed by atoms with Crippen LogP contribution in [0.15, 0.2) is 52.5 Å². The molecule has 3 heterocycles. The second-order valence-electron chi connectivity index (χ2n) is 4.74. The summed E-state index contributed by atoms with van der Waals surface area (Å²) in [7, 11) is 0. The first-order valence-electron chi connectivity index (χ1n) is 6.95. The molecule has 0 unspecified atom stereocenters. The highest BCUT2D eigenvalue weighted by atomic mass is 79.9. The first-order valence-corrected chi connectivity index (χ1v) is 7.75. The molecule has 3 rings (SSSR count). The second kappa shape index (κ2) is 7.13. The first kappa shape index (κ1) is 16.0. The lowest BCUT2D eigenvalue weighted by atomic mass is 10.3. The molecule has 9 nitrogen and oxygen atoms in total. The van der Waals surface area contributed by atoms with Crippen LogP contribution in [0.1, 0.15) is 10.4 Å². The molecular weight excluding hydrogens is 378 g/mol. The van der Waals surface area contributed by atoms with Crippen LogP contribution in [0.3, 0.4) is 0 Å². The van der Waals surface area contributed by atoms with Gasteiger partial charge in [-0.25, -0.2) is 14.3 Å². The zero-order valence-corrected chi connectivity index (χ0v) is 13.9. The van der Waals surface area contributed by atoms with E-state index in [0.29, 0.717) is 15.9 Å². The molecule has 0 aliphatic rings. The molecule has 0 spiro atoms. The number of pyridine rings is 1. The Morgan fingerprint density at radius 2 is 2.12 bits per heavy atom. The number of nitrogens with zero attached hydrogens (tertiary/aromatic N) is 6. The summed E-state index contributed by atoms with van der Waals surface area (Å²) in [6, 6.07) is 4.61. The fraction of sp³-hybridized carbons (Fsp3) is 0.143. The Hall–Kier alpha value is -2.88. The number of hydrogen-bond acceptors (Lipinski definition) is 6. The highest BCUT2D eigenvalue weighted by Gasteiger charge is 2.07. The Bertz CT molecular complexity index is 907. The maximum absolute atomic E-state index is 12.0. The predicted molar refractivity (Wildman–Crippen MR) is 87.7 cm³/mol. The molecule has 0 atom stereocenters. The summed E-state index contributed by atoms with van der Waals surface area (Å²) in [5, 5.41) is 10.9. The van der Waals surface area contributed by atoms with Gasteiger partial charge in [-0.05, 0) is 28.1 Å². The molecule has 3 aromatic heterocycles. The summed E-state index contributed by atoms with van der Waals surface area (Å²) in [5.41, 5.74) is 0.165. The van der Waals surface area contributed by atoms with Crippen molar-refractivity contribution in [3.63, 3.8) is 0 Å². The van der Waals surface area contributed by atoms with Crippen molar-refractivity contribution in [3.05, 3.63) is 63.6 Å². The first-order chi connectivity index (χ1) is 11.6. The summed E-state index contributed by atoms with van der Waals surface area (Å²) < 4.78 is 3.42. The molecule has 1 amide bonds. The third kappa shape index (κ3) is 3.71. The number of aromatic nitrogens is 6. The lowest BCUT2D eigenvalue weighted by molar-refractivity contribution is 0.0951. The Morgan fingerprint density at radius 1 is 1.25 bits per heavy atom. The van der Waals surface area contributed by atoms with Gasteiger partial charge in [0, 0.05) is 29.5 Å². The molecule has 3 aromatic rings. The minimum Gasteiger partial charge on any atom is -0.350 e. The van der Waals surface area contributed by atoms with Crippen LogP contribution in [0.2, 0.25) is 0 Å². The average Bonchev–Trinajstić information content (AvgIpc) is 3.11. The molecule has 24 heavy (non-hydrogen) atoms. The van der Waals surface area contributed by atoms with Gasteiger partial charge in [0.2, 0.25) is 0 Å². The molecule has 0 saturated carbocycles. The van der Waals surface area contributed by atoms with E-state index in [2.05, 4.69) is 41.4 Å². The fourth-order valence-corrected chi connectivity index (χ4v) is 2.33. The Labute approximate surface area is 144 Å².